The second-order valence-electron chi connectivity index (χ2n) is 5.75. The van der Waals surface area contributed by atoms with Crippen LogP contribution in [0.4, 0.5) is 0 Å². The van der Waals surface area contributed by atoms with E-state index in [9.17, 15) is 0 Å². The Labute approximate surface area is 98.8 Å². The highest BCUT2D eigenvalue weighted by molar-refractivity contribution is 4.95. The third kappa shape index (κ3) is 2.96. The lowest BCUT2D eigenvalue weighted by molar-refractivity contribution is -0.0809. The number of rotatable bonds is 5. The molecule has 2 rings (SSSR count). The van der Waals surface area contributed by atoms with Gasteiger partial charge in [-0.15, -0.1) is 0 Å². The van der Waals surface area contributed by atoms with Crippen molar-refractivity contribution in [2.24, 2.45) is 11.3 Å². The molecule has 1 unspecified atom stereocenters. The molecule has 1 N–H and O–H groups in total. The molecule has 0 aromatic heterocycles. The van der Waals surface area contributed by atoms with E-state index < -0.39 is 0 Å². The van der Waals surface area contributed by atoms with E-state index in [0.717, 1.165) is 19.6 Å². The topological polar surface area (TPSA) is 32.7 Å². The van der Waals surface area contributed by atoms with Crippen LogP contribution in [0.5, 0.6) is 0 Å². The van der Waals surface area contributed by atoms with Crippen molar-refractivity contribution in [3.63, 3.8) is 0 Å². The van der Waals surface area contributed by atoms with Crippen molar-refractivity contribution in [1.82, 2.24) is 4.90 Å². The fourth-order valence-corrected chi connectivity index (χ4v) is 2.94. The van der Waals surface area contributed by atoms with Gasteiger partial charge < -0.3 is 14.7 Å². The van der Waals surface area contributed by atoms with Crippen LogP contribution in [0.15, 0.2) is 0 Å². The van der Waals surface area contributed by atoms with Crippen LogP contribution >= 0.6 is 0 Å². The minimum atomic E-state index is 0.335. The van der Waals surface area contributed by atoms with E-state index in [2.05, 4.69) is 11.8 Å². The maximum Gasteiger partial charge on any atom is 0.0472 e. The average Bonchev–Trinajstić information content (AvgIpc) is 2.28. The van der Waals surface area contributed by atoms with Crippen LogP contribution in [0.1, 0.15) is 32.6 Å². The molecule has 0 saturated carbocycles. The van der Waals surface area contributed by atoms with E-state index in [1.807, 2.05) is 0 Å². The highest BCUT2D eigenvalue weighted by Gasteiger charge is 2.43. The smallest absolute Gasteiger partial charge is 0.0472 e. The van der Waals surface area contributed by atoms with Gasteiger partial charge in [-0.2, -0.15) is 0 Å². The van der Waals surface area contributed by atoms with Crippen LogP contribution < -0.4 is 0 Å². The summed E-state index contributed by atoms with van der Waals surface area (Å²) in [5, 5.41) is 8.94. The quantitative estimate of drug-likeness (QED) is 0.772. The van der Waals surface area contributed by atoms with Crippen LogP contribution in [0.3, 0.4) is 0 Å². The molecule has 0 aromatic rings. The number of aliphatic hydroxyl groups is 1. The lowest BCUT2D eigenvalue weighted by Crippen LogP contribution is -2.58. The molecule has 3 nitrogen and oxygen atoms in total. The van der Waals surface area contributed by atoms with Crippen LogP contribution in [0, 0.1) is 11.3 Å². The zero-order valence-electron chi connectivity index (χ0n) is 10.5. The lowest BCUT2D eigenvalue weighted by Gasteiger charge is -2.52. The van der Waals surface area contributed by atoms with E-state index in [1.165, 1.54) is 38.9 Å². The minimum Gasteiger partial charge on any atom is -0.396 e. The summed E-state index contributed by atoms with van der Waals surface area (Å²) >= 11 is 0. The highest BCUT2D eigenvalue weighted by atomic mass is 16.5. The Morgan fingerprint density at radius 3 is 2.62 bits per heavy atom. The fourth-order valence-electron chi connectivity index (χ4n) is 2.94. The van der Waals surface area contributed by atoms with Crippen LogP contribution in [-0.4, -0.2) is 49.5 Å². The van der Waals surface area contributed by atoms with Gasteiger partial charge in [0.15, 0.2) is 0 Å². The molecule has 2 aliphatic rings. The van der Waals surface area contributed by atoms with Gasteiger partial charge in [0, 0.05) is 38.3 Å². The van der Waals surface area contributed by atoms with Gasteiger partial charge in [0.1, 0.15) is 0 Å². The maximum atomic E-state index is 8.94. The third-order valence-corrected chi connectivity index (χ3v) is 4.15. The fraction of sp³-hybridized carbons (Fsp3) is 1.00. The van der Waals surface area contributed by atoms with Crippen molar-refractivity contribution in [3.8, 4) is 0 Å². The normalized spacial score (nSPS) is 26.6. The molecule has 2 saturated heterocycles. The average molecular weight is 227 g/mol. The van der Waals surface area contributed by atoms with Crippen molar-refractivity contribution in [1.29, 1.82) is 0 Å². The summed E-state index contributed by atoms with van der Waals surface area (Å²) in [6.07, 6.45) is 4.91. The molecule has 1 spiro atoms. The molecule has 0 aromatic carbocycles. The van der Waals surface area contributed by atoms with Gasteiger partial charge in [0.2, 0.25) is 0 Å². The SMILES string of the molecule is CC(CO)CCCN1CC2(CCOCC2)C1. The van der Waals surface area contributed by atoms with E-state index >= 15 is 0 Å². The first-order chi connectivity index (χ1) is 7.74. The number of hydrogen-bond donors (Lipinski definition) is 1. The molecule has 1 atom stereocenters. The molecular weight excluding hydrogens is 202 g/mol. The number of likely N-dealkylation sites (tertiary alicyclic amines) is 1. The zero-order chi connectivity index (χ0) is 11.4. The Balaban J connectivity index is 1.57. The van der Waals surface area contributed by atoms with Crippen molar-refractivity contribution in [3.05, 3.63) is 0 Å². The second kappa shape index (κ2) is 5.48. The Morgan fingerprint density at radius 2 is 2.00 bits per heavy atom. The molecule has 2 fully saturated rings. The van der Waals surface area contributed by atoms with Crippen LogP contribution in [0.2, 0.25) is 0 Å². The minimum absolute atomic E-state index is 0.335. The standard InChI is InChI=1S/C13H25NO2/c1-12(9-15)3-2-6-14-10-13(11-14)4-7-16-8-5-13/h12,15H,2-11H2,1H3. The molecular formula is C13H25NO2. The lowest BCUT2D eigenvalue weighted by atomic mass is 9.73. The largest absolute Gasteiger partial charge is 0.396 e. The molecule has 0 bridgehead atoms. The first kappa shape index (κ1) is 12.3. The van der Waals surface area contributed by atoms with Gasteiger partial charge in [0.05, 0.1) is 0 Å². The van der Waals surface area contributed by atoms with Gasteiger partial charge in [-0.1, -0.05) is 6.92 Å². The third-order valence-electron chi connectivity index (χ3n) is 4.15. The van der Waals surface area contributed by atoms with Crippen molar-refractivity contribution in [2.45, 2.75) is 32.6 Å². The van der Waals surface area contributed by atoms with Crippen molar-refractivity contribution in [2.75, 3.05) is 39.5 Å². The van der Waals surface area contributed by atoms with Crippen molar-refractivity contribution < 1.29 is 9.84 Å². The summed E-state index contributed by atoms with van der Waals surface area (Å²) in [5.41, 5.74) is 0.612. The molecule has 2 heterocycles. The monoisotopic (exact) mass is 227 g/mol. The molecule has 16 heavy (non-hydrogen) atoms. The number of nitrogens with zero attached hydrogens (tertiary/aromatic N) is 1. The Hall–Kier alpha value is -0.120. The Bertz CT molecular complexity index is 206. The number of ether oxygens (including phenoxy) is 1. The summed E-state index contributed by atoms with van der Waals surface area (Å²) in [6.45, 7) is 8.17. The summed E-state index contributed by atoms with van der Waals surface area (Å²) in [5.74, 6) is 0.471. The number of aliphatic hydroxyl groups excluding tert-OH is 1. The zero-order valence-corrected chi connectivity index (χ0v) is 10.5. The number of hydrogen-bond acceptors (Lipinski definition) is 3. The van der Waals surface area contributed by atoms with Gasteiger partial charge in [0.25, 0.3) is 0 Å². The first-order valence-corrected chi connectivity index (χ1v) is 6.65. The Morgan fingerprint density at radius 1 is 1.31 bits per heavy atom. The molecule has 3 heteroatoms. The van der Waals surface area contributed by atoms with Crippen LogP contribution in [0.25, 0.3) is 0 Å². The van der Waals surface area contributed by atoms with Gasteiger partial charge in [-0.05, 0) is 38.1 Å². The molecule has 2 aliphatic heterocycles. The highest BCUT2D eigenvalue weighted by Crippen LogP contribution is 2.39. The summed E-state index contributed by atoms with van der Waals surface area (Å²) < 4.78 is 5.42. The van der Waals surface area contributed by atoms with E-state index in [1.54, 1.807) is 0 Å². The summed E-state index contributed by atoms with van der Waals surface area (Å²) in [6, 6.07) is 0. The summed E-state index contributed by atoms with van der Waals surface area (Å²) in [7, 11) is 0. The van der Waals surface area contributed by atoms with Gasteiger partial charge in [-0.3, -0.25) is 0 Å². The predicted octanol–water partition coefficient (Wildman–Crippen LogP) is 1.51. The van der Waals surface area contributed by atoms with E-state index in [-0.39, 0.29) is 0 Å². The van der Waals surface area contributed by atoms with Crippen LogP contribution in [-0.2, 0) is 4.74 Å². The molecule has 0 radical (unpaired) electrons. The molecule has 94 valence electrons. The maximum absolute atomic E-state index is 8.94. The van der Waals surface area contributed by atoms with Gasteiger partial charge in [-0.25, -0.2) is 0 Å². The Kier molecular flexibility index (Phi) is 4.22. The predicted molar refractivity (Wildman–Crippen MR) is 64.4 cm³/mol. The molecule has 0 amide bonds. The van der Waals surface area contributed by atoms with E-state index in [0.29, 0.717) is 17.9 Å². The summed E-state index contributed by atoms with van der Waals surface area (Å²) in [4.78, 5) is 2.56. The second-order valence-corrected chi connectivity index (χ2v) is 5.75. The van der Waals surface area contributed by atoms with Crippen molar-refractivity contribution >= 4 is 0 Å². The van der Waals surface area contributed by atoms with Gasteiger partial charge >= 0.3 is 0 Å². The first-order valence-electron chi connectivity index (χ1n) is 6.65. The van der Waals surface area contributed by atoms with E-state index in [4.69, 9.17) is 9.84 Å². The molecule has 0 aliphatic carbocycles.